The van der Waals surface area contributed by atoms with E-state index in [0.717, 1.165) is 49.5 Å². The molecule has 134 valence electrons. The van der Waals surface area contributed by atoms with E-state index < -0.39 is 0 Å². The van der Waals surface area contributed by atoms with E-state index in [1.54, 1.807) is 0 Å². The Balaban J connectivity index is 0.00000139. The van der Waals surface area contributed by atoms with Gasteiger partial charge < -0.3 is 10.1 Å². The van der Waals surface area contributed by atoms with Crippen LogP contribution < -0.4 is 5.32 Å². The number of rotatable bonds is 1. The van der Waals surface area contributed by atoms with E-state index >= 15 is 0 Å². The first-order chi connectivity index (χ1) is 11.8. The normalized spacial score (nSPS) is 20.2. The molecule has 1 unspecified atom stereocenters. The van der Waals surface area contributed by atoms with E-state index in [9.17, 15) is 9.59 Å². The van der Waals surface area contributed by atoms with Crippen LogP contribution in [0, 0.1) is 0 Å². The van der Waals surface area contributed by atoms with Gasteiger partial charge >= 0.3 is 0 Å². The van der Waals surface area contributed by atoms with Crippen LogP contribution in [0.4, 0.5) is 0 Å². The van der Waals surface area contributed by atoms with Crippen molar-refractivity contribution in [2.45, 2.75) is 84.1 Å². The van der Waals surface area contributed by atoms with Crippen LogP contribution in [0.25, 0.3) is 0 Å². The van der Waals surface area contributed by atoms with Crippen molar-refractivity contribution in [1.82, 2.24) is 5.32 Å². The van der Waals surface area contributed by atoms with E-state index in [2.05, 4.69) is 5.32 Å². The first-order valence-electron chi connectivity index (χ1n) is 9.65. The molecule has 0 spiro atoms. The zero-order valence-corrected chi connectivity index (χ0v) is 15.4. The van der Waals surface area contributed by atoms with Gasteiger partial charge in [0.1, 0.15) is 6.29 Å². The molecule has 0 aliphatic carbocycles. The van der Waals surface area contributed by atoms with Crippen LogP contribution in [-0.2, 0) is 11.2 Å². The average Bonchev–Trinajstić information content (AvgIpc) is 2.64. The Kier molecular flexibility index (Phi) is 10.8. The van der Waals surface area contributed by atoms with Crippen LogP contribution in [0.15, 0.2) is 24.3 Å². The number of aryl methyl sites for hydroxylation is 1. The fourth-order valence-corrected chi connectivity index (χ4v) is 3.12. The zero-order chi connectivity index (χ0) is 17.6. The molecular formula is C21H33NO2. The van der Waals surface area contributed by atoms with Crippen molar-refractivity contribution in [2.24, 2.45) is 0 Å². The molecule has 2 rings (SSSR count). The topological polar surface area (TPSA) is 46.2 Å². The highest BCUT2D eigenvalue weighted by Gasteiger charge is 2.15. The van der Waals surface area contributed by atoms with Crippen molar-refractivity contribution in [1.29, 1.82) is 0 Å². The lowest BCUT2D eigenvalue weighted by molar-refractivity contribution is -0.109. The number of fused-ring (bicyclic) bond motifs is 1. The molecule has 3 heteroatoms. The lowest BCUT2D eigenvalue weighted by Gasteiger charge is -2.14. The van der Waals surface area contributed by atoms with Crippen molar-refractivity contribution < 1.29 is 9.59 Å². The molecule has 0 bridgehead atoms. The molecule has 1 atom stereocenters. The highest BCUT2D eigenvalue weighted by molar-refractivity contribution is 5.97. The van der Waals surface area contributed by atoms with Crippen LogP contribution in [0.3, 0.4) is 0 Å². The van der Waals surface area contributed by atoms with Crippen molar-refractivity contribution >= 4 is 12.2 Å². The summed E-state index contributed by atoms with van der Waals surface area (Å²) in [4.78, 5) is 23.6. The minimum Gasteiger partial charge on any atom is -0.343 e. The van der Waals surface area contributed by atoms with Gasteiger partial charge in [-0.2, -0.15) is 0 Å². The third-order valence-electron chi connectivity index (χ3n) is 4.45. The summed E-state index contributed by atoms with van der Waals surface area (Å²) >= 11 is 0. The largest absolute Gasteiger partial charge is 0.343 e. The molecule has 1 aromatic rings. The molecule has 0 saturated carbocycles. The van der Waals surface area contributed by atoms with Gasteiger partial charge in [0.05, 0.1) is 6.04 Å². The van der Waals surface area contributed by atoms with Crippen molar-refractivity contribution in [3.63, 3.8) is 0 Å². The van der Waals surface area contributed by atoms with Gasteiger partial charge in [-0.25, -0.2) is 0 Å². The van der Waals surface area contributed by atoms with Gasteiger partial charge in [0.25, 0.3) is 5.91 Å². The summed E-state index contributed by atoms with van der Waals surface area (Å²) in [6.07, 6.45) is 12.2. The first-order valence-corrected chi connectivity index (χ1v) is 9.65. The van der Waals surface area contributed by atoms with Crippen LogP contribution in [0.5, 0.6) is 0 Å². The van der Waals surface area contributed by atoms with Crippen LogP contribution in [-0.4, -0.2) is 18.2 Å². The Labute approximate surface area is 147 Å². The second kappa shape index (κ2) is 12.7. The molecule has 0 radical (unpaired) electrons. The lowest BCUT2D eigenvalue weighted by atomic mass is 10.00. The Bertz CT molecular complexity index is 484. The summed E-state index contributed by atoms with van der Waals surface area (Å²) in [5, 5.41) is 2.89. The molecule has 0 aromatic heterocycles. The van der Waals surface area contributed by atoms with Crippen molar-refractivity contribution in [3.05, 3.63) is 35.4 Å². The second-order valence-corrected chi connectivity index (χ2v) is 6.24. The monoisotopic (exact) mass is 331 g/mol. The van der Waals surface area contributed by atoms with Gasteiger partial charge in [-0.3, -0.25) is 4.79 Å². The number of hydrogen-bond acceptors (Lipinski definition) is 2. The van der Waals surface area contributed by atoms with E-state index in [0.29, 0.717) is 0 Å². The Morgan fingerprint density at radius 1 is 0.917 bits per heavy atom. The number of carbonyl (C=O) groups excluding carboxylic acids is 2. The standard InChI is InChI=1S/C19H27NO2.C2H6/c21-15-17-13-8-6-4-2-1-3-5-7-11-16-12-9-10-14-18(16)19(22)20-17;1-2/h9-10,12,14-15,17H,1-8,11,13H2,(H,20,22);1-2H3. The van der Waals surface area contributed by atoms with Crippen LogP contribution in [0.1, 0.15) is 87.6 Å². The average molecular weight is 332 g/mol. The van der Waals surface area contributed by atoms with Gasteiger partial charge in [0.2, 0.25) is 0 Å². The maximum Gasteiger partial charge on any atom is 0.252 e. The minimum absolute atomic E-state index is 0.109. The van der Waals surface area contributed by atoms with Gasteiger partial charge in [0.15, 0.2) is 0 Å². The molecule has 1 aliphatic heterocycles. The summed E-state index contributed by atoms with van der Waals surface area (Å²) in [7, 11) is 0. The molecular weight excluding hydrogens is 298 g/mol. The predicted octanol–water partition coefficient (Wildman–Crippen LogP) is 5.08. The summed E-state index contributed by atoms with van der Waals surface area (Å²) < 4.78 is 0. The smallest absolute Gasteiger partial charge is 0.252 e. The van der Waals surface area contributed by atoms with E-state index in [1.807, 2.05) is 38.1 Å². The maximum atomic E-state index is 12.4. The van der Waals surface area contributed by atoms with Crippen molar-refractivity contribution in [3.8, 4) is 0 Å². The molecule has 24 heavy (non-hydrogen) atoms. The van der Waals surface area contributed by atoms with E-state index in [-0.39, 0.29) is 11.9 Å². The Morgan fingerprint density at radius 3 is 2.17 bits per heavy atom. The van der Waals surface area contributed by atoms with Gasteiger partial charge in [-0.15, -0.1) is 0 Å². The number of hydrogen-bond donors (Lipinski definition) is 1. The summed E-state index contributed by atoms with van der Waals surface area (Å²) in [6.45, 7) is 4.00. The molecule has 3 nitrogen and oxygen atoms in total. The third kappa shape index (κ3) is 7.29. The number of nitrogens with one attached hydrogen (secondary N) is 1. The van der Waals surface area contributed by atoms with Crippen LogP contribution in [0.2, 0.25) is 0 Å². The minimum atomic E-state index is -0.356. The number of benzene rings is 1. The maximum absolute atomic E-state index is 12.4. The van der Waals surface area contributed by atoms with Crippen LogP contribution >= 0.6 is 0 Å². The molecule has 1 aromatic carbocycles. The number of amides is 1. The van der Waals surface area contributed by atoms with E-state index in [4.69, 9.17) is 0 Å². The summed E-state index contributed by atoms with van der Waals surface area (Å²) in [5.74, 6) is -0.109. The summed E-state index contributed by atoms with van der Waals surface area (Å²) in [5.41, 5.74) is 1.82. The molecule has 1 aliphatic rings. The molecule has 0 fully saturated rings. The summed E-state index contributed by atoms with van der Waals surface area (Å²) in [6, 6.07) is 7.42. The number of aldehydes is 1. The SMILES string of the molecule is CC.O=CC1CCCCCCCCCCc2ccccc2C(=O)N1. The Morgan fingerprint density at radius 2 is 1.50 bits per heavy atom. The highest BCUT2D eigenvalue weighted by atomic mass is 16.2. The Hall–Kier alpha value is -1.64. The highest BCUT2D eigenvalue weighted by Crippen LogP contribution is 2.16. The quantitative estimate of drug-likeness (QED) is 0.730. The van der Waals surface area contributed by atoms with Gasteiger partial charge in [0, 0.05) is 5.56 Å². The predicted molar refractivity (Wildman–Crippen MR) is 100 cm³/mol. The molecule has 1 amide bonds. The fourth-order valence-electron chi connectivity index (χ4n) is 3.12. The number of carbonyl (C=O) groups is 2. The van der Waals surface area contributed by atoms with E-state index in [1.165, 1.54) is 32.1 Å². The lowest BCUT2D eigenvalue weighted by Crippen LogP contribution is -2.36. The van der Waals surface area contributed by atoms with Gasteiger partial charge in [-0.05, 0) is 30.9 Å². The van der Waals surface area contributed by atoms with Gasteiger partial charge in [-0.1, -0.05) is 77.0 Å². The van der Waals surface area contributed by atoms with Crippen molar-refractivity contribution in [2.75, 3.05) is 0 Å². The molecule has 1 heterocycles. The molecule has 0 saturated heterocycles. The molecule has 1 N–H and O–H groups in total. The zero-order valence-electron chi connectivity index (χ0n) is 15.4. The third-order valence-corrected chi connectivity index (χ3v) is 4.45. The fraction of sp³-hybridized carbons (Fsp3) is 0.619. The second-order valence-electron chi connectivity index (χ2n) is 6.24. The first kappa shape index (κ1) is 20.4.